The number of aromatic nitrogens is 2. The van der Waals surface area contributed by atoms with Crippen LogP contribution in [0.5, 0.6) is 0 Å². The molecule has 0 saturated carbocycles. The molecule has 3 aromatic rings. The first-order valence-electron chi connectivity index (χ1n) is 8.43. The number of aromatic amines is 1. The second-order valence-corrected chi connectivity index (χ2v) is 6.34. The number of rotatable bonds is 6. The average Bonchev–Trinajstić information content (AvgIpc) is 2.94. The van der Waals surface area contributed by atoms with Gasteiger partial charge in [0.15, 0.2) is 0 Å². The number of nitrogens with zero attached hydrogens (tertiary/aromatic N) is 2. The second-order valence-electron chi connectivity index (χ2n) is 5.93. The fourth-order valence-corrected chi connectivity index (χ4v) is 2.90. The molecule has 0 aliphatic carbocycles. The van der Waals surface area contributed by atoms with Gasteiger partial charge in [-0.1, -0.05) is 43.1 Å². The second kappa shape index (κ2) is 8.15. The van der Waals surface area contributed by atoms with E-state index in [1.54, 1.807) is 18.3 Å². The van der Waals surface area contributed by atoms with Crippen LogP contribution >= 0.6 is 11.6 Å². The molecule has 1 aromatic heterocycles. The van der Waals surface area contributed by atoms with Crippen LogP contribution in [0.1, 0.15) is 30.2 Å². The quantitative estimate of drug-likeness (QED) is 0.636. The summed E-state index contributed by atoms with van der Waals surface area (Å²) in [4.78, 5) is 17.2. The van der Waals surface area contributed by atoms with E-state index >= 15 is 0 Å². The lowest BCUT2D eigenvalue weighted by atomic mass is 10.2. The van der Waals surface area contributed by atoms with Crippen molar-refractivity contribution in [2.75, 3.05) is 0 Å². The zero-order valence-corrected chi connectivity index (χ0v) is 15.1. The first kappa shape index (κ1) is 18.1. The first-order valence-corrected chi connectivity index (χ1v) is 8.81. The Bertz CT molecular complexity index is 973. The van der Waals surface area contributed by atoms with Crippen LogP contribution in [-0.2, 0) is 13.0 Å². The monoisotopic (exact) mass is 371 g/mol. The number of hydrogen-bond donors (Lipinski definition) is 1. The topological polar surface area (TPSA) is 50.1 Å². The molecule has 1 heterocycles. The highest BCUT2D eigenvalue weighted by Crippen LogP contribution is 2.16. The van der Waals surface area contributed by atoms with E-state index in [-0.39, 0.29) is 11.4 Å². The Morgan fingerprint density at radius 3 is 2.62 bits per heavy atom. The molecule has 1 N–H and O–H groups in total. The largest absolute Gasteiger partial charge is 0.294 e. The Kier molecular flexibility index (Phi) is 5.68. The number of nitrogens with one attached hydrogen (secondary N) is 1. The van der Waals surface area contributed by atoms with Gasteiger partial charge in [-0.2, -0.15) is 0 Å². The van der Waals surface area contributed by atoms with Gasteiger partial charge in [0.25, 0.3) is 5.56 Å². The van der Waals surface area contributed by atoms with E-state index in [2.05, 4.69) is 10.1 Å². The molecule has 6 heteroatoms. The van der Waals surface area contributed by atoms with Gasteiger partial charge in [0.2, 0.25) is 0 Å². The molecular weight excluding hydrogens is 353 g/mol. The number of aryl methyl sites for hydroxylation is 1. The standard InChI is InChI=1S/C20H19ClFN3O/c1-2-5-19-17(13-23-12-14-6-3-4-7-18(14)21)20(26)25(24-19)16-10-8-15(22)9-11-16/h3-4,6-11,13,24H,2,5,12H2,1H3. The molecule has 0 spiro atoms. The molecule has 0 saturated heterocycles. The highest BCUT2D eigenvalue weighted by Gasteiger charge is 2.13. The van der Waals surface area contributed by atoms with Crippen molar-refractivity contribution in [2.24, 2.45) is 4.99 Å². The molecule has 0 unspecified atom stereocenters. The van der Waals surface area contributed by atoms with E-state index < -0.39 is 0 Å². The normalized spacial score (nSPS) is 11.3. The minimum Gasteiger partial charge on any atom is -0.294 e. The van der Waals surface area contributed by atoms with Crippen LogP contribution in [0.25, 0.3) is 5.69 Å². The number of halogens is 2. The summed E-state index contributed by atoms with van der Waals surface area (Å²) in [6.45, 7) is 2.44. The maximum Gasteiger partial charge on any atom is 0.280 e. The third-order valence-corrected chi connectivity index (χ3v) is 4.40. The molecule has 4 nitrogen and oxygen atoms in total. The Labute approximate surface area is 156 Å². The van der Waals surface area contributed by atoms with Crippen molar-refractivity contribution in [2.45, 2.75) is 26.3 Å². The summed E-state index contributed by atoms with van der Waals surface area (Å²) in [6.07, 6.45) is 3.19. The molecule has 3 rings (SSSR count). The van der Waals surface area contributed by atoms with Crippen molar-refractivity contribution in [3.05, 3.63) is 86.5 Å². The lowest BCUT2D eigenvalue weighted by molar-refractivity contribution is 0.626. The van der Waals surface area contributed by atoms with Gasteiger partial charge >= 0.3 is 0 Å². The molecule has 134 valence electrons. The average molecular weight is 372 g/mol. The molecule has 2 aromatic carbocycles. The molecule has 0 amide bonds. The smallest absolute Gasteiger partial charge is 0.280 e. The zero-order chi connectivity index (χ0) is 18.5. The van der Waals surface area contributed by atoms with Gasteiger partial charge in [0.05, 0.1) is 17.8 Å². The summed E-state index contributed by atoms with van der Waals surface area (Å²) in [5, 5.41) is 3.76. The molecule has 0 atom stereocenters. The minimum absolute atomic E-state index is 0.206. The van der Waals surface area contributed by atoms with Gasteiger partial charge in [0.1, 0.15) is 5.82 Å². The van der Waals surface area contributed by atoms with E-state index in [0.717, 1.165) is 24.1 Å². The Morgan fingerprint density at radius 2 is 1.92 bits per heavy atom. The van der Waals surface area contributed by atoms with Crippen LogP contribution in [0.3, 0.4) is 0 Å². The van der Waals surface area contributed by atoms with Gasteiger partial charge in [-0.3, -0.25) is 14.9 Å². The van der Waals surface area contributed by atoms with Gasteiger partial charge in [-0.25, -0.2) is 9.07 Å². The predicted molar refractivity (Wildman–Crippen MR) is 103 cm³/mol. The minimum atomic E-state index is -0.344. The Morgan fingerprint density at radius 1 is 1.19 bits per heavy atom. The summed E-state index contributed by atoms with van der Waals surface area (Å²) in [6, 6.07) is 13.3. The van der Waals surface area contributed by atoms with Gasteiger partial charge in [-0.15, -0.1) is 0 Å². The van der Waals surface area contributed by atoms with E-state index in [1.807, 2.05) is 31.2 Å². The maximum atomic E-state index is 13.1. The molecule has 0 fully saturated rings. The van der Waals surface area contributed by atoms with E-state index in [1.165, 1.54) is 16.8 Å². The van der Waals surface area contributed by atoms with Crippen molar-refractivity contribution in [3.63, 3.8) is 0 Å². The lowest BCUT2D eigenvalue weighted by Gasteiger charge is -2.01. The Balaban J connectivity index is 1.93. The van der Waals surface area contributed by atoms with E-state index in [0.29, 0.717) is 22.8 Å². The highest BCUT2D eigenvalue weighted by atomic mass is 35.5. The number of H-pyrrole nitrogens is 1. The Hall–Kier alpha value is -2.66. The summed E-state index contributed by atoms with van der Waals surface area (Å²) in [7, 11) is 0. The highest BCUT2D eigenvalue weighted by molar-refractivity contribution is 6.31. The van der Waals surface area contributed by atoms with Crippen molar-refractivity contribution in [3.8, 4) is 5.69 Å². The predicted octanol–water partition coefficient (Wildman–Crippen LogP) is 4.53. The van der Waals surface area contributed by atoms with Crippen molar-refractivity contribution in [1.29, 1.82) is 0 Å². The first-order chi connectivity index (χ1) is 12.6. The molecule has 0 aliphatic heterocycles. The van der Waals surface area contributed by atoms with Crippen LogP contribution in [0.15, 0.2) is 58.3 Å². The number of benzene rings is 2. The SMILES string of the molecule is CCCc1[nH]n(-c2ccc(F)cc2)c(=O)c1C=NCc1ccccc1Cl. The zero-order valence-electron chi connectivity index (χ0n) is 14.4. The van der Waals surface area contributed by atoms with Crippen molar-refractivity contribution in [1.82, 2.24) is 9.78 Å². The molecular formula is C20H19ClFN3O. The third-order valence-electron chi connectivity index (χ3n) is 4.03. The van der Waals surface area contributed by atoms with Gasteiger partial charge < -0.3 is 0 Å². The summed E-state index contributed by atoms with van der Waals surface area (Å²) >= 11 is 6.14. The molecule has 0 aliphatic rings. The maximum absolute atomic E-state index is 13.1. The molecule has 0 radical (unpaired) electrons. The van der Waals surface area contributed by atoms with Crippen molar-refractivity contribution < 1.29 is 4.39 Å². The fourth-order valence-electron chi connectivity index (χ4n) is 2.70. The molecule has 0 bridgehead atoms. The van der Waals surface area contributed by atoms with Crippen LogP contribution in [0.2, 0.25) is 5.02 Å². The van der Waals surface area contributed by atoms with E-state index in [9.17, 15) is 9.18 Å². The van der Waals surface area contributed by atoms with Crippen LogP contribution in [-0.4, -0.2) is 16.0 Å². The summed E-state index contributed by atoms with van der Waals surface area (Å²) in [5.74, 6) is -0.344. The summed E-state index contributed by atoms with van der Waals surface area (Å²) in [5.41, 5.74) is 2.60. The molecule has 26 heavy (non-hydrogen) atoms. The van der Waals surface area contributed by atoms with Crippen LogP contribution in [0.4, 0.5) is 4.39 Å². The number of hydrogen-bond acceptors (Lipinski definition) is 2. The fraction of sp³-hybridized carbons (Fsp3) is 0.200. The van der Waals surface area contributed by atoms with E-state index in [4.69, 9.17) is 11.6 Å². The van der Waals surface area contributed by atoms with Crippen molar-refractivity contribution >= 4 is 17.8 Å². The van der Waals surface area contributed by atoms with Crippen LogP contribution < -0.4 is 5.56 Å². The summed E-state index contributed by atoms with van der Waals surface area (Å²) < 4.78 is 14.6. The van der Waals surface area contributed by atoms with Crippen LogP contribution in [0, 0.1) is 5.82 Å². The van der Waals surface area contributed by atoms with Gasteiger partial charge in [0, 0.05) is 16.9 Å². The lowest BCUT2D eigenvalue weighted by Crippen LogP contribution is -2.17. The van der Waals surface area contributed by atoms with Gasteiger partial charge in [-0.05, 0) is 42.3 Å². The third kappa shape index (κ3) is 3.94. The number of aliphatic imine (C=N–C) groups is 1.